The van der Waals surface area contributed by atoms with Gasteiger partial charge < -0.3 is 10.3 Å². The lowest BCUT2D eigenvalue weighted by molar-refractivity contribution is -0.124. The van der Waals surface area contributed by atoms with Gasteiger partial charge in [0.1, 0.15) is 0 Å². The van der Waals surface area contributed by atoms with Gasteiger partial charge in [0.05, 0.1) is 11.7 Å². The molecule has 1 amide bonds. The Kier molecular flexibility index (Phi) is 3.47. The van der Waals surface area contributed by atoms with Gasteiger partial charge in [0, 0.05) is 24.9 Å². The van der Waals surface area contributed by atoms with E-state index in [1.54, 1.807) is 6.33 Å². The lowest BCUT2D eigenvalue weighted by Gasteiger charge is -2.22. The summed E-state index contributed by atoms with van der Waals surface area (Å²) in [6.45, 7) is 0.658. The molecular weight excluding hydrogens is 286 g/mol. The van der Waals surface area contributed by atoms with Gasteiger partial charge in [-0.05, 0) is 30.2 Å². The number of benzene rings is 1. The highest BCUT2D eigenvalue weighted by Crippen LogP contribution is 2.72. The van der Waals surface area contributed by atoms with Crippen LogP contribution in [0.5, 0.6) is 0 Å². The number of carbonyl (C=O) groups excluding carboxylic acids is 1. The molecule has 4 nitrogen and oxygen atoms in total. The SMILES string of the molecule is O=C(NCCc1cnc[nH]1)C1(c2ccccc2)CC12CCCC2. The minimum atomic E-state index is -0.293. The average molecular weight is 309 g/mol. The molecule has 0 bridgehead atoms. The molecule has 120 valence electrons. The molecule has 2 N–H and O–H groups in total. The maximum absolute atomic E-state index is 13.1. The van der Waals surface area contributed by atoms with Gasteiger partial charge in [-0.1, -0.05) is 43.2 Å². The molecule has 23 heavy (non-hydrogen) atoms. The van der Waals surface area contributed by atoms with Gasteiger partial charge in [-0.15, -0.1) is 0 Å². The van der Waals surface area contributed by atoms with Crippen molar-refractivity contribution in [2.24, 2.45) is 5.41 Å². The molecule has 1 heterocycles. The van der Waals surface area contributed by atoms with Gasteiger partial charge in [-0.25, -0.2) is 4.98 Å². The molecule has 4 heteroatoms. The number of nitrogens with one attached hydrogen (secondary N) is 2. The molecule has 2 aliphatic rings. The zero-order valence-corrected chi connectivity index (χ0v) is 13.3. The Morgan fingerprint density at radius 3 is 2.70 bits per heavy atom. The first-order valence-corrected chi connectivity index (χ1v) is 8.58. The molecule has 1 aromatic carbocycles. The molecule has 0 radical (unpaired) electrons. The van der Waals surface area contributed by atoms with Crippen molar-refractivity contribution in [1.82, 2.24) is 15.3 Å². The maximum atomic E-state index is 13.1. The molecule has 4 rings (SSSR count). The van der Waals surface area contributed by atoms with Crippen LogP contribution in [0.15, 0.2) is 42.9 Å². The summed E-state index contributed by atoms with van der Waals surface area (Å²) >= 11 is 0. The van der Waals surface area contributed by atoms with Gasteiger partial charge in [-0.3, -0.25) is 4.79 Å². The van der Waals surface area contributed by atoms with E-state index < -0.39 is 0 Å². The van der Waals surface area contributed by atoms with Crippen LogP contribution in [0.1, 0.15) is 43.4 Å². The number of nitrogens with zero attached hydrogens (tertiary/aromatic N) is 1. The van der Waals surface area contributed by atoms with Crippen molar-refractivity contribution in [3.8, 4) is 0 Å². The van der Waals surface area contributed by atoms with Gasteiger partial charge >= 0.3 is 0 Å². The number of rotatable bonds is 5. The van der Waals surface area contributed by atoms with Gasteiger partial charge in [0.15, 0.2) is 0 Å². The zero-order chi connectivity index (χ0) is 15.8. The fraction of sp³-hybridized carbons (Fsp3) is 0.474. The molecule has 2 aromatic rings. The smallest absolute Gasteiger partial charge is 0.231 e. The first kappa shape index (κ1) is 14.5. The third-order valence-corrected chi connectivity index (χ3v) is 5.83. The molecule has 0 aliphatic heterocycles. The van der Waals surface area contributed by atoms with Crippen LogP contribution in [-0.4, -0.2) is 22.4 Å². The predicted octanol–water partition coefficient (Wildman–Crippen LogP) is 2.97. The van der Waals surface area contributed by atoms with E-state index in [1.807, 2.05) is 12.3 Å². The minimum Gasteiger partial charge on any atom is -0.355 e. The Hall–Kier alpha value is -2.10. The Balaban J connectivity index is 1.51. The highest BCUT2D eigenvalue weighted by atomic mass is 16.2. The molecular formula is C19H23N3O. The second-order valence-corrected chi connectivity index (χ2v) is 7.02. The van der Waals surface area contributed by atoms with Gasteiger partial charge in [0.2, 0.25) is 5.91 Å². The number of amides is 1. The topological polar surface area (TPSA) is 57.8 Å². The quantitative estimate of drug-likeness (QED) is 0.892. The Bertz CT molecular complexity index is 674. The van der Waals surface area contributed by atoms with Crippen molar-refractivity contribution in [3.63, 3.8) is 0 Å². The second kappa shape index (κ2) is 5.52. The number of hydrogen-bond acceptors (Lipinski definition) is 2. The van der Waals surface area contributed by atoms with Crippen LogP contribution in [-0.2, 0) is 16.6 Å². The minimum absolute atomic E-state index is 0.213. The van der Waals surface area contributed by atoms with E-state index >= 15 is 0 Å². The molecule has 1 atom stereocenters. The first-order chi connectivity index (χ1) is 11.3. The van der Waals surface area contributed by atoms with Crippen molar-refractivity contribution in [1.29, 1.82) is 0 Å². The third-order valence-electron chi connectivity index (χ3n) is 5.83. The summed E-state index contributed by atoms with van der Waals surface area (Å²) in [4.78, 5) is 20.2. The van der Waals surface area contributed by atoms with Crippen molar-refractivity contribution < 1.29 is 4.79 Å². The van der Waals surface area contributed by atoms with E-state index in [0.29, 0.717) is 6.54 Å². The fourth-order valence-corrected chi connectivity index (χ4v) is 4.58. The normalized spacial score (nSPS) is 24.7. The highest BCUT2D eigenvalue weighted by molar-refractivity contribution is 5.93. The number of hydrogen-bond donors (Lipinski definition) is 2. The molecule has 1 unspecified atom stereocenters. The maximum Gasteiger partial charge on any atom is 0.231 e. The van der Waals surface area contributed by atoms with E-state index in [0.717, 1.165) is 18.5 Å². The number of carbonyl (C=O) groups is 1. The lowest BCUT2D eigenvalue weighted by Crippen LogP contribution is -2.39. The zero-order valence-electron chi connectivity index (χ0n) is 13.3. The third kappa shape index (κ3) is 2.28. The molecule has 1 aromatic heterocycles. The highest BCUT2D eigenvalue weighted by Gasteiger charge is 2.72. The van der Waals surface area contributed by atoms with Crippen LogP contribution in [0.3, 0.4) is 0 Å². The van der Waals surface area contributed by atoms with E-state index in [2.05, 4.69) is 39.6 Å². The van der Waals surface area contributed by atoms with Crippen molar-refractivity contribution in [2.45, 2.75) is 43.9 Å². The number of aromatic amines is 1. The average Bonchev–Trinajstić information content (AvgIpc) is 2.93. The number of imidazole rings is 1. The Labute approximate surface area is 136 Å². The largest absolute Gasteiger partial charge is 0.355 e. The van der Waals surface area contributed by atoms with Crippen LogP contribution < -0.4 is 5.32 Å². The van der Waals surface area contributed by atoms with Crippen molar-refractivity contribution in [3.05, 3.63) is 54.1 Å². The predicted molar refractivity (Wildman–Crippen MR) is 88.9 cm³/mol. The summed E-state index contributed by atoms with van der Waals surface area (Å²) in [5.74, 6) is 0.213. The molecule has 0 saturated heterocycles. The Morgan fingerprint density at radius 2 is 2.00 bits per heavy atom. The van der Waals surface area contributed by atoms with Crippen LogP contribution in [0, 0.1) is 5.41 Å². The van der Waals surface area contributed by atoms with Crippen molar-refractivity contribution >= 4 is 5.91 Å². The second-order valence-electron chi connectivity index (χ2n) is 7.02. The van der Waals surface area contributed by atoms with Crippen LogP contribution in [0.25, 0.3) is 0 Å². The van der Waals surface area contributed by atoms with E-state index in [9.17, 15) is 4.79 Å². The summed E-state index contributed by atoms with van der Waals surface area (Å²) in [5.41, 5.74) is 2.18. The standard InChI is InChI=1S/C19H23N3O/c23-17(21-11-8-16-12-20-14-22-16)19(15-6-2-1-3-7-15)13-18(19)9-4-5-10-18/h1-3,6-7,12,14H,4-5,8-11,13H2,(H,20,22)(H,21,23). The summed E-state index contributed by atoms with van der Waals surface area (Å²) < 4.78 is 0. The van der Waals surface area contributed by atoms with Crippen molar-refractivity contribution in [2.75, 3.05) is 6.54 Å². The summed E-state index contributed by atoms with van der Waals surface area (Å²) in [7, 11) is 0. The molecule has 2 saturated carbocycles. The summed E-state index contributed by atoms with van der Waals surface area (Å²) in [6, 6.07) is 10.4. The van der Waals surface area contributed by atoms with Crippen LogP contribution in [0.2, 0.25) is 0 Å². The number of aromatic nitrogens is 2. The summed E-state index contributed by atoms with van der Waals surface area (Å²) in [6.07, 6.45) is 10.2. The Morgan fingerprint density at radius 1 is 1.22 bits per heavy atom. The van der Waals surface area contributed by atoms with E-state index in [1.165, 1.54) is 31.2 Å². The molecule has 2 fully saturated rings. The fourth-order valence-electron chi connectivity index (χ4n) is 4.58. The monoisotopic (exact) mass is 309 g/mol. The van der Waals surface area contributed by atoms with E-state index in [4.69, 9.17) is 0 Å². The lowest BCUT2D eigenvalue weighted by atomic mass is 9.84. The first-order valence-electron chi connectivity index (χ1n) is 8.58. The van der Waals surface area contributed by atoms with Crippen LogP contribution >= 0.6 is 0 Å². The van der Waals surface area contributed by atoms with Gasteiger partial charge in [-0.2, -0.15) is 0 Å². The molecule has 2 aliphatic carbocycles. The molecule has 1 spiro atoms. The number of H-pyrrole nitrogens is 1. The van der Waals surface area contributed by atoms with E-state index in [-0.39, 0.29) is 16.7 Å². The van der Waals surface area contributed by atoms with Gasteiger partial charge in [0.25, 0.3) is 0 Å². The summed E-state index contributed by atoms with van der Waals surface area (Å²) in [5, 5.41) is 3.19. The van der Waals surface area contributed by atoms with Crippen LogP contribution in [0.4, 0.5) is 0 Å².